The van der Waals surface area contributed by atoms with Gasteiger partial charge in [-0.2, -0.15) is 0 Å². The summed E-state index contributed by atoms with van der Waals surface area (Å²) in [5.74, 6) is 2.32. The number of carbonyl (C=O) groups is 1. The first kappa shape index (κ1) is 19.6. The quantitative estimate of drug-likeness (QED) is 0.689. The molecule has 26 heavy (non-hydrogen) atoms. The van der Waals surface area contributed by atoms with Gasteiger partial charge in [-0.3, -0.25) is 4.79 Å². The number of amides is 1. The number of para-hydroxylation sites is 1. The van der Waals surface area contributed by atoms with Gasteiger partial charge in [0.1, 0.15) is 12.4 Å². The zero-order chi connectivity index (χ0) is 18.9. The number of aryl methyl sites for hydroxylation is 2. The van der Waals surface area contributed by atoms with Crippen molar-refractivity contribution in [3.8, 4) is 17.2 Å². The molecule has 2 aromatic rings. The first-order valence-corrected chi connectivity index (χ1v) is 8.68. The van der Waals surface area contributed by atoms with Gasteiger partial charge in [0.2, 0.25) is 5.91 Å². The van der Waals surface area contributed by atoms with Crippen LogP contribution in [0.2, 0.25) is 0 Å². The number of carbonyl (C=O) groups excluding carboxylic acids is 1. The highest BCUT2D eigenvalue weighted by Crippen LogP contribution is 2.28. The lowest BCUT2D eigenvalue weighted by Gasteiger charge is -2.18. The summed E-state index contributed by atoms with van der Waals surface area (Å²) >= 11 is 0. The molecule has 0 aliphatic carbocycles. The van der Waals surface area contributed by atoms with Gasteiger partial charge < -0.3 is 19.1 Å². The summed E-state index contributed by atoms with van der Waals surface area (Å²) in [6.07, 6.45) is 1.10. The van der Waals surface area contributed by atoms with Gasteiger partial charge in [-0.1, -0.05) is 24.3 Å². The second-order valence-corrected chi connectivity index (χ2v) is 6.12. The Morgan fingerprint density at radius 3 is 2.42 bits per heavy atom. The molecule has 5 nitrogen and oxygen atoms in total. The smallest absolute Gasteiger partial charge is 0.222 e. The Morgan fingerprint density at radius 1 is 1.00 bits per heavy atom. The van der Waals surface area contributed by atoms with Crippen molar-refractivity contribution in [2.24, 2.45) is 0 Å². The van der Waals surface area contributed by atoms with Crippen LogP contribution in [-0.2, 0) is 11.2 Å². The number of hydrogen-bond acceptors (Lipinski definition) is 4. The van der Waals surface area contributed by atoms with Crippen LogP contribution in [0.4, 0.5) is 0 Å². The van der Waals surface area contributed by atoms with Crippen LogP contribution in [-0.4, -0.2) is 45.2 Å². The van der Waals surface area contributed by atoms with E-state index < -0.39 is 0 Å². The molecule has 1 amide bonds. The summed E-state index contributed by atoms with van der Waals surface area (Å²) in [6.45, 7) is 3.04. The molecule has 0 N–H and O–H groups in total. The summed E-state index contributed by atoms with van der Waals surface area (Å²) < 4.78 is 16.3. The van der Waals surface area contributed by atoms with E-state index in [1.165, 1.54) is 0 Å². The Balaban J connectivity index is 1.79. The maximum absolute atomic E-state index is 12.3. The zero-order valence-corrected chi connectivity index (χ0v) is 16.0. The van der Waals surface area contributed by atoms with E-state index in [-0.39, 0.29) is 5.91 Å². The van der Waals surface area contributed by atoms with Crippen LogP contribution in [0.3, 0.4) is 0 Å². The molecular formula is C21H27NO4. The van der Waals surface area contributed by atoms with Crippen LogP contribution in [0.15, 0.2) is 42.5 Å². The molecule has 5 heteroatoms. The van der Waals surface area contributed by atoms with Gasteiger partial charge in [-0.15, -0.1) is 0 Å². The fourth-order valence-corrected chi connectivity index (χ4v) is 2.61. The van der Waals surface area contributed by atoms with Crippen LogP contribution in [0, 0.1) is 6.92 Å². The second kappa shape index (κ2) is 9.70. The predicted molar refractivity (Wildman–Crippen MR) is 102 cm³/mol. The maximum Gasteiger partial charge on any atom is 0.222 e. The van der Waals surface area contributed by atoms with Crippen molar-refractivity contribution in [3.05, 3.63) is 53.6 Å². The Bertz CT molecular complexity index is 730. The summed E-state index contributed by atoms with van der Waals surface area (Å²) in [5, 5.41) is 0. The lowest BCUT2D eigenvalue weighted by molar-refractivity contribution is -0.130. The Labute approximate surface area is 155 Å². The minimum atomic E-state index is 0.0909. The van der Waals surface area contributed by atoms with E-state index in [4.69, 9.17) is 14.2 Å². The standard InChI is InChI=1S/C21H27NO4/c1-16-7-5-6-8-18(16)26-14-13-22(2)21(23)12-10-17-9-11-19(24-3)20(15-17)25-4/h5-9,11,15H,10,12-14H2,1-4H3. The molecular weight excluding hydrogens is 330 g/mol. The molecule has 0 aliphatic rings. The lowest BCUT2D eigenvalue weighted by atomic mass is 10.1. The highest BCUT2D eigenvalue weighted by Gasteiger charge is 2.11. The fraction of sp³-hybridized carbons (Fsp3) is 0.381. The van der Waals surface area contributed by atoms with Crippen molar-refractivity contribution in [3.63, 3.8) is 0 Å². The van der Waals surface area contributed by atoms with Gasteiger partial charge >= 0.3 is 0 Å². The zero-order valence-electron chi connectivity index (χ0n) is 16.0. The molecule has 0 heterocycles. The van der Waals surface area contributed by atoms with Crippen LogP contribution in [0.5, 0.6) is 17.2 Å². The average Bonchev–Trinajstić information content (AvgIpc) is 2.67. The minimum absolute atomic E-state index is 0.0909. The largest absolute Gasteiger partial charge is 0.493 e. The van der Waals surface area contributed by atoms with E-state index >= 15 is 0 Å². The fourth-order valence-electron chi connectivity index (χ4n) is 2.61. The van der Waals surface area contributed by atoms with Gasteiger partial charge in [0.15, 0.2) is 11.5 Å². The molecule has 0 bridgehead atoms. The van der Waals surface area contributed by atoms with E-state index in [1.807, 2.05) is 49.4 Å². The van der Waals surface area contributed by atoms with E-state index in [0.717, 1.165) is 16.9 Å². The normalized spacial score (nSPS) is 10.3. The third kappa shape index (κ3) is 5.41. The van der Waals surface area contributed by atoms with Crippen molar-refractivity contribution < 1.29 is 19.0 Å². The van der Waals surface area contributed by atoms with Gasteiger partial charge in [0.25, 0.3) is 0 Å². The van der Waals surface area contributed by atoms with E-state index in [2.05, 4.69) is 0 Å². The van der Waals surface area contributed by atoms with Gasteiger partial charge in [-0.25, -0.2) is 0 Å². The van der Waals surface area contributed by atoms with Crippen molar-refractivity contribution in [1.29, 1.82) is 0 Å². The molecule has 0 aliphatic heterocycles. The Hall–Kier alpha value is -2.69. The molecule has 0 atom stereocenters. The van der Waals surface area contributed by atoms with Crippen molar-refractivity contribution in [1.82, 2.24) is 4.90 Å². The molecule has 2 aromatic carbocycles. The molecule has 0 radical (unpaired) electrons. The van der Waals surface area contributed by atoms with Crippen LogP contribution < -0.4 is 14.2 Å². The van der Waals surface area contributed by atoms with Gasteiger partial charge in [0, 0.05) is 13.5 Å². The number of hydrogen-bond donors (Lipinski definition) is 0. The van der Waals surface area contributed by atoms with Crippen LogP contribution in [0.1, 0.15) is 17.5 Å². The monoisotopic (exact) mass is 357 g/mol. The highest BCUT2D eigenvalue weighted by atomic mass is 16.5. The molecule has 0 saturated carbocycles. The van der Waals surface area contributed by atoms with Crippen LogP contribution >= 0.6 is 0 Å². The number of methoxy groups -OCH3 is 2. The van der Waals surface area contributed by atoms with Gasteiger partial charge in [0.05, 0.1) is 20.8 Å². The molecule has 0 unspecified atom stereocenters. The van der Waals surface area contributed by atoms with Crippen molar-refractivity contribution in [2.45, 2.75) is 19.8 Å². The summed E-state index contributed by atoms with van der Waals surface area (Å²) in [5.41, 5.74) is 2.13. The van der Waals surface area contributed by atoms with E-state index in [1.54, 1.807) is 26.2 Å². The Morgan fingerprint density at radius 2 is 1.73 bits per heavy atom. The highest BCUT2D eigenvalue weighted by molar-refractivity contribution is 5.76. The second-order valence-electron chi connectivity index (χ2n) is 6.12. The number of rotatable bonds is 9. The van der Waals surface area contributed by atoms with E-state index in [9.17, 15) is 4.79 Å². The number of benzene rings is 2. The first-order chi connectivity index (χ1) is 12.5. The molecule has 0 aromatic heterocycles. The number of likely N-dealkylation sites (N-methyl/N-ethyl adjacent to an activating group) is 1. The number of ether oxygens (including phenoxy) is 3. The number of nitrogens with zero attached hydrogens (tertiary/aromatic N) is 1. The van der Waals surface area contributed by atoms with Crippen molar-refractivity contribution >= 4 is 5.91 Å². The topological polar surface area (TPSA) is 48.0 Å². The third-order valence-electron chi connectivity index (χ3n) is 4.28. The summed E-state index contributed by atoms with van der Waals surface area (Å²) in [4.78, 5) is 14.0. The summed E-state index contributed by atoms with van der Waals surface area (Å²) in [7, 11) is 5.02. The maximum atomic E-state index is 12.3. The molecule has 0 spiro atoms. The molecule has 0 fully saturated rings. The minimum Gasteiger partial charge on any atom is -0.493 e. The molecule has 140 valence electrons. The SMILES string of the molecule is COc1ccc(CCC(=O)N(C)CCOc2ccccc2C)cc1OC. The van der Waals surface area contributed by atoms with Gasteiger partial charge in [-0.05, 0) is 42.7 Å². The third-order valence-corrected chi connectivity index (χ3v) is 4.28. The first-order valence-electron chi connectivity index (χ1n) is 8.68. The molecule has 2 rings (SSSR count). The van der Waals surface area contributed by atoms with E-state index in [0.29, 0.717) is 37.5 Å². The Kier molecular flexibility index (Phi) is 7.33. The predicted octanol–water partition coefficient (Wildman–Crippen LogP) is 3.48. The van der Waals surface area contributed by atoms with Crippen molar-refractivity contribution in [2.75, 3.05) is 34.4 Å². The van der Waals surface area contributed by atoms with Crippen LogP contribution in [0.25, 0.3) is 0 Å². The summed E-state index contributed by atoms with van der Waals surface area (Å²) in [6, 6.07) is 13.6. The lowest BCUT2D eigenvalue weighted by Crippen LogP contribution is -2.31. The molecule has 0 saturated heterocycles. The average molecular weight is 357 g/mol.